The zero-order valence-corrected chi connectivity index (χ0v) is 18.2. The van der Waals surface area contributed by atoms with Crippen LogP contribution in [0.1, 0.15) is 121 Å². The number of hydrogen-bond donors (Lipinski definition) is 0. The minimum absolute atomic E-state index is 0.397. The molecule has 0 saturated carbocycles. The van der Waals surface area contributed by atoms with E-state index in [1.165, 1.54) is 95.5 Å². The van der Waals surface area contributed by atoms with Gasteiger partial charge in [0.25, 0.3) is 0 Å². The second-order valence-corrected chi connectivity index (χ2v) is 8.40. The van der Waals surface area contributed by atoms with Crippen molar-refractivity contribution in [2.75, 3.05) is 0 Å². The third-order valence-electron chi connectivity index (χ3n) is 5.58. The normalized spacial score (nSPS) is 11.0. The summed E-state index contributed by atoms with van der Waals surface area (Å²) in [4.78, 5) is 12.0. The summed E-state index contributed by atoms with van der Waals surface area (Å²) in [6.07, 6.45) is 21.9. The maximum Gasteiger partial charge on any atom is 0.137 e. The lowest BCUT2D eigenvalue weighted by Crippen LogP contribution is -2.02. The molecule has 154 valence electrons. The molecule has 27 heavy (non-hydrogen) atoms. The van der Waals surface area contributed by atoms with E-state index in [-0.39, 0.29) is 0 Å². The van der Waals surface area contributed by atoms with E-state index in [1.54, 1.807) is 0 Å². The summed E-state index contributed by atoms with van der Waals surface area (Å²) < 4.78 is 0. The number of benzene rings is 1. The Labute approximate surface area is 169 Å². The van der Waals surface area contributed by atoms with Gasteiger partial charge in [-0.25, -0.2) is 0 Å². The van der Waals surface area contributed by atoms with Gasteiger partial charge < -0.3 is 0 Å². The highest BCUT2D eigenvalue weighted by Crippen LogP contribution is 2.14. The first-order valence-corrected chi connectivity index (χ1v) is 11.8. The molecule has 0 saturated heterocycles. The van der Waals surface area contributed by atoms with Crippen molar-refractivity contribution in [3.8, 4) is 0 Å². The number of rotatable bonds is 18. The van der Waals surface area contributed by atoms with Gasteiger partial charge >= 0.3 is 0 Å². The molecule has 1 heteroatoms. The van der Waals surface area contributed by atoms with Gasteiger partial charge in [0.05, 0.1) is 0 Å². The summed E-state index contributed by atoms with van der Waals surface area (Å²) in [6, 6.07) is 8.35. The average molecular weight is 373 g/mol. The van der Waals surface area contributed by atoms with Gasteiger partial charge in [-0.05, 0) is 18.9 Å². The van der Waals surface area contributed by atoms with Crippen LogP contribution in [0.5, 0.6) is 0 Å². The van der Waals surface area contributed by atoms with Crippen molar-refractivity contribution in [3.63, 3.8) is 0 Å². The highest BCUT2D eigenvalue weighted by molar-refractivity contribution is 5.80. The minimum Gasteiger partial charge on any atom is -0.299 e. The van der Waals surface area contributed by atoms with E-state index < -0.39 is 0 Å². The minimum atomic E-state index is 0.397. The second-order valence-electron chi connectivity index (χ2n) is 8.40. The Balaban J connectivity index is 1.81. The van der Waals surface area contributed by atoms with Crippen LogP contribution >= 0.6 is 0 Å². The number of hydrogen-bond acceptors (Lipinski definition) is 1. The van der Waals surface area contributed by atoms with Crippen molar-refractivity contribution in [1.82, 2.24) is 0 Å². The highest BCUT2D eigenvalue weighted by atomic mass is 16.1. The predicted octanol–water partition coefficient (Wildman–Crippen LogP) is 8.37. The Morgan fingerprint density at radius 2 is 1.04 bits per heavy atom. The monoisotopic (exact) mass is 372 g/mol. The molecule has 0 aliphatic rings. The molecule has 0 aromatic heterocycles. The standard InChI is InChI=1S/C26H44O/c1-3-4-5-6-7-8-9-10-11-12-13-14-15-16-17-18-26(27)23-25-21-19-24(2)20-22-25/h19-22H,3-18,23H2,1-2H3. The lowest BCUT2D eigenvalue weighted by Gasteiger charge is -2.04. The van der Waals surface area contributed by atoms with Gasteiger partial charge in [-0.3, -0.25) is 4.79 Å². The largest absolute Gasteiger partial charge is 0.299 e. The number of carbonyl (C=O) groups excluding carboxylic acids is 1. The molecule has 0 aliphatic heterocycles. The Bertz CT molecular complexity index is 460. The van der Waals surface area contributed by atoms with Crippen molar-refractivity contribution < 1.29 is 4.79 Å². The molecule has 0 radical (unpaired) electrons. The molecule has 0 bridgehead atoms. The van der Waals surface area contributed by atoms with E-state index in [0.717, 1.165) is 18.4 Å². The molecule has 0 N–H and O–H groups in total. The van der Waals surface area contributed by atoms with Gasteiger partial charge in [0.2, 0.25) is 0 Å². The zero-order chi connectivity index (χ0) is 19.6. The summed E-state index contributed by atoms with van der Waals surface area (Å²) >= 11 is 0. The summed E-state index contributed by atoms with van der Waals surface area (Å²) in [6.45, 7) is 4.37. The molecule has 0 heterocycles. The fraction of sp³-hybridized carbons (Fsp3) is 0.731. The number of ketones is 1. The Morgan fingerprint density at radius 1 is 0.630 bits per heavy atom. The van der Waals surface area contributed by atoms with Gasteiger partial charge in [0, 0.05) is 12.8 Å². The third-order valence-corrected chi connectivity index (χ3v) is 5.58. The van der Waals surface area contributed by atoms with Gasteiger partial charge in [-0.15, -0.1) is 0 Å². The van der Waals surface area contributed by atoms with Crippen LogP contribution in [0, 0.1) is 6.92 Å². The molecule has 0 amide bonds. The molecule has 1 aromatic rings. The zero-order valence-electron chi connectivity index (χ0n) is 18.2. The number of Topliss-reactive ketones (excluding diaryl/α,β-unsaturated/α-hetero) is 1. The van der Waals surface area contributed by atoms with Crippen LogP contribution in [0.4, 0.5) is 0 Å². The Hall–Kier alpha value is -1.11. The third kappa shape index (κ3) is 14.6. The average Bonchev–Trinajstić information content (AvgIpc) is 2.66. The van der Waals surface area contributed by atoms with Crippen LogP contribution in [-0.2, 0) is 11.2 Å². The molecule has 0 aliphatic carbocycles. The molecule has 1 aromatic carbocycles. The quantitative estimate of drug-likeness (QED) is 0.236. The van der Waals surface area contributed by atoms with E-state index in [4.69, 9.17) is 0 Å². The summed E-state index contributed by atoms with van der Waals surface area (Å²) in [5, 5.41) is 0. The Morgan fingerprint density at radius 3 is 1.48 bits per heavy atom. The van der Waals surface area contributed by atoms with Crippen LogP contribution in [0.15, 0.2) is 24.3 Å². The van der Waals surface area contributed by atoms with E-state index in [9.17, 15) is 4.79 Å². The maximum absolute atomic E-state index is 12.0. The van der Waals surface area contributed by atoms with Crippen molar-refractivity contribution in [2.45, 2.75) is 123 Å². The molecule has 1 nitrogen and oxygen atoms in total. The molecular weight excluding hydrogens is 328 g/mol. The van der Waals surface area contributed by atoms with Crippen molar-refractivity contribution in [3.05, 3.63) is 35.4 Å². The van der Waals surface area contributed by atoms with Crippen LogP contribution in [0.2, 0.25) is 0 Å². The highest BCUT2D eigenvalue weighted by Gasteiger charge is 2.03. The van der Waals surface area contributed by atoms with Crippen molar-refractivity contribution in [1.29, 1.82) is 0 Å². The molecule has 0 unspecified atom stereocenters. The van der Waals surface area contributed by atoms with Crippen LogP contribution in [-0.4, -0.2) is 5.78 Å². The van der Waals surface area contributed by atoms with Crippen molar-refractivity contribution in [2.24, 2.45) is 0 Å². The molecule has 0 spiro atoms. The first-order valence-electron chi connectivity index (χ1n) is 11.8. The van der Waals surface area contributed by atoms with E-state index in [0.29, 0.717) is 12.2 Å². The second kappa shape index (κ2) is 17.0. The van der Waals surface area contributed by atoms with Crippen molar-refractivity contribution >= 4 is 5.78 Å². The fourth-order valence-electron chi connectivity index (χ4n) is 3.72. The first kappa shape index (κ1) is 23.9. The molecule has 1 rings (SSSR count). The van der Waals surface area contributed by atoms with Gasteiger partial charge in [-0.1, -0.05) is 127 Å². The van der Waals surface area contributed by atoms with E-state index in [2.05, 4.69) is 38.1 Å². The number of aryl methyl sites for hydroxylation is 1. The van der Waals surface area contributed by atoms with Gasteiger partial charge in [-0.2, -0.15) is 0 Å². The van der Waals surface area contributed by atoms with Gasteiger partial charge in [0.1, 0.15) is 5.78 Å². The number of unbranched alkanes of at least 4 members (excludes halogenated alkanes) is 14. The summed E-state index contributed by atoms with van der Waals surface area (Å²) in [5.74, 6) is 0.397. The van der Waals surface area contributed by atoms with Gasteiger partial charge in [0.15, 0.2) is 0 Å². The Kier molecular flexibility index (Phi) is 15.1. The summed E-state index contributed by atoms with van der Waals surface area (Å²) in [5.41, 5.74) is 2.42. The molecule has 0 atom stereocenters. The predicted molar refractivity (Wildman–Crippen MR) is 119 cm³/mol. The lowest BCUT2D eigenvalue weighted by molar-refractivity contribution is -0.118. The SMILES string of the molecule is CCCCCCCCCCCCCCCCCC(=O)Cc1ccc(C)cc1. The molecule has 0 fully saturated rings. The maximum atomic E-state index is 12.0. The fourth-order valence-corrected chi connectivity index (χ4v) is 3.72. The smallest absolute Gasteiger partial charge is 0.137 e. The number of carbonyl (C=O) groups is 1. The van der Waals surface area contributed by atoms with Crippen LogP contribution in [0.3, 0.4) is 0 Å². The first-order chi connectivity index (χ1) is 13.2. The summed E-state index contributed by atoms with van der Waals surface area (Å²) in [7, 11) is 0. The van der Waals surface area contributed by atoms with Crippen LogP contribution in [0.25, 0.3) is 0 Å². The van der Waals surface area contributed by atoms with E-state index >= 15 is 0 Å². The lowest BCUT2D eigenvalue weighted by atomic mass is 10.0. The van der Waals surface area contributed by atoms with E-state index in [1.807, 2.05) is 0 Å². The molecular formula is C26H44O. The topological polar surface area (TPSA) is 17.1 Å². The van der Waals surface area contributed by atoms with Crippen LogP contribution < -0.4 is 0 Å².